The lowest BCUT2D eigenvalue weighted by molar-refractivity contribution is 0.669. The van der Waals surface area contributed by atoms with Gasteiger partial charge in [0.15, 0.2) is 0 Å². The van der Waals surface area contributed by atoms with Gasteiger partial charge in [-0.1, -0.05) is 121 Å². The summed E-state index contributed by atoms with van der Waals surface area (Å²) in [6, 6.07) is 70.8. The van der Waals surface area contributed by atoms with Crippen LogP contribution in [0.25, 0.3) is 91.9 Å². The van der Waals surface area contributed by atoms with Gasteiger partial charge in [-0.05, 0) is 114 Å². The van der Waals surface area contributed by atoms with Crippen LogP contribution in [-0.4, -0.2) is 4.57 Å². The lowest BCUT2D eigenvalue weighted by Crippen LogP contribution is -2.10. The second kappa shape index (κ2) is 13.6. The highest BCUT2D eigenvalue weighted by atomic mass is 32.1. The average molecular weight is 787 g/mol. The van der Waals surface area contributed by atoms with Crippen LogP contribution in [0.15, 0.2) is 199 Å². The molecule has 3 nitrogen and oxygen atoms in total. The van der Waals surface area contributed by atoms with Crippen LogP contribution in [0.5, 0.6) is 0 Å². The highest BCUT2D eigenvalue weighted by Gasteiger charge is 2.21. The summed E-state index contributed by atoms with van der Waals surface area (Å²) in [4.78, 5) is 2.39. The van der Waals surface area contributed by atoms with Crippen molar-refractivity contribution in [2.45, 2.75) is 13.8 Å². The van der Waals surface area contributed by atoms with Gasteiger partial charge in [0.2, 0.25) is 0 Å². The van der Waals surface area contributed by atoms with E-state index in [1.165, 1.54) is 69.8 Å². The van der Waals surface area contributed by atoms with Gasteiger partial charge in [-0.15, -0.1) is 11.3 Å². The number of thiophene rings is 1. The lowest BCUT2D eigenvalue weighted by Gasteiger charge is -2.26. The van der Waals surface area contributed by atoms with Crippen molar-refractivity contribution in [2.24, 2.45) is 0 Å². The summed E-state index contributed by atoms with van der Waals surface area (Å²) < 4.78 is 11.4. The van der Waals surface area contributed by atoms with E-state index in [1.54, 1.807) is 0 Å². The Kier molecular flexibility index (Phi) is 7.84. The number of nitrogens with zero attached hydrogens (tertiary/aromatic N) is 2. The van der Waals surface area contributed by atoms with Gasteiger partial charge in [0.25, 0.3) is 0 Å². The lowest BCUT2D eigenvalue weighted by atomic mass is 9.93. The minimum atomic E-state index is 0.886. The number of furan rings is 1. The molecule has 3 heterocycles. The largest absolute Gasteiger partial charge is 0.456 e. The SMILES string of the molecule is Cc1ccc(N(c2ccc3oc4ccccc4c3c2)c2ccc3c4ccccc4n(-c4ccc(-c5ccccc5)c(-c5cccc6c5sc5ccccc56)c4)c3c2)cc1C. The Labute approximate surface area is 351 Å². The molecule has 0 aliphatic carbocycles. The first-order valence-electron chi connectivity index (χ1n) is 20.5. The highest BCUT2D eigenvalue weighted by molar-refractivity contribution is 7.26. The van der Waals surface area contributed by atoms with Crippen molar-refractivity contribution in [1.82, 2.24) is 4.57 Å². The van der Waals surface area contributed by atoms with E-state index in [4.69, 9.17) is 4.42 Å². The smallest absolute Gasteiger partial charge is 0.135 e. The fraction of sp³-hybridized carbons (Fsp3) is 0.0357. The zero-order valence-electron chi connectivity index (χ0n) is 33.2. The van der Waals surface area contributed by atoms with Crippen LogP contribution in [-0.2, 0) is 0 Å². The number of fused-ring (bicyclic) bond motifs is 9. The highest BCUT2D eigenvalue weighted by Crippen LogP contribution is 2.46. The Morgan fingerprint density at radius 3 is 1.98 bits per heavy atom. The van der Waals surface area contributed by atoms with E-state index >= 15 is 0 Å². The number of rotatable bonds is 6. The van der Waals surface area contributed by atoms with Crippen LogP contribution in [0, 0.1) is 13.8 Å². The zero-order chi connectivity index (χ0) is 39.9. The van der Waals surface area contributed by atoms with E-state index in [9.17, 15) is 0 Å². The molecule has 9 aromatic carbocycles. The Morgan fingerprint density at radius 1 is 0.417 bits per heavy atom. The fourth-order valence-electron chi connectivity index (χ4n) is 9.26. The summed E-state index contributed by atoms with van der Waals surface area (Å²) >= 11 is 1.88. The summed E-state index contributed by atoms with van der Waals surface area (Å²) in [5.74, 6) is 0. The van der Waals surface area contributed by atoms with Crippen LogP contribution in [0.2, 0.25) is 0 Å². The van der Waals surface area contributed by atoms with Crippen molar-refractivity contribution < 1.29 is 4.42 Å². The quantitative estimate of drug-likeness (QED) is 0.167. The first kappa shape index (κ1) is 34.6. The van der Waals surface area contributed by atoms with E-state index in [1.807, 2.05) is 23.5 Å². The van der Waals surface area contributed by atoms with Gasteiger partial charge in [0.1, 0.15) is 11.2 Å². The standard InChI is InChI=1S/C56H38N2OS/c1-35-23-24-38(31-36(35)2)57(39-27-30-54-50(33-39)45-16-7-10-21-53(45)59-54)41-26-29-44-43-15-6-9-20-51(43)58(52(44)34-41)40-25-28-42(37-13-4-3-5-14-37)49(32-40)48-19-12-18-47-46-17-8-11-22-55(46)60-56(47)48/h3-34H,1-2H3. The Hall–Kier alpha value is -7.40. The van der Waals surface area contributed by atoms with Crippen LogP contribution in [0.4, 0.5) is 17.1 Å². The summed E-state index contributed by atoms with van der Waals surface area (Å²) in [5.41, 5.74) is 15.9. The summed E-state index contributed by atoms with van der Waals surface area (Å²) in [6.07, 6.45) is 0. The second-order valence-corrected chi connectivity index (χ2v) is 16.9. The summed E-state index contributed by atoms with van der Waals surface area (Å²) in [7, 11) is 0. The molecule has 0 spiro atoms. The van der Waals surface area contributed by atoms with Gasteiger partial charge >= 0.3 is 0 Å². The van der Waals surface area contributed by atoms with Crippen molar-refractivity contribution in [2.75, 3.05) is 4.90 Å². The van der Waals surface area contributed by atoms with Gasteiger partial charge in [-0.25, -0.2) is 0 Å². The van der Waals surface area contributed by atoms with Crippen LogP contribution in [0.1, 0.15) is 11.1 Å². The number of hydrogen-bond acceptors (Lipinski definition) is 3. The maximum Gasteiger partial charge on any atom is 0.135 e. The molecule has 60 heavy (non-hydrogen) atoms. The molecule has 0 aliphatic heterocycles. The van der Waals surface area contributed by atoms with Crippen LogP contribution in [0.3, 0.4) is 0 Å². The number of hydrogen-bond donors (Lipinski definition) is 0. The molecule has 4 heteroatoms. The summed E-state index contributed by atoms with van der Waals surface area (Å²) in [6.45, 7) is 4.37. The van der Waals surface area contributed by atoms with Crippen molar-refractivity contribution in [1.29, 1.82) is 0 Å². The number of aromatic nitrogens is 1. The molecule has 3 aromatic heterocycles. The Bertz CT molecular complexity index is 3640. The van der Waals surface area contributed by atoms with E-state index in [-0.39, 0.29) is 0 Å². The monoisotopic (exact) mass is 786 g/mol. The minimum Gasteiger partial charge on any atom is -0.456 e. The topological polar surface area (TPSA) is 21.3 Å². The number of anilines is 3. The van der Waals surface area contributed by atoms with Crippen molar-refractivity contribution in [3.8, 4) is 27.9 Å². The first-order chi connectivity index (χ1) is 29.6. The maximum absolute atomic E-state index is 6.29. The Morgan fingerprint density at radius 2 is 1.10 bits per heavy atom. The normalized spacial score (nSPS) is 11.8. The minimum absolute atomic E-state index is 0.886. The molecule has 0 saturated heterocycles. The van der Waals surface area contributed by atoms with Gasteiger partial charge in [0.05, 0.1) is 11.0 Å². The van der Waals surface area contributed by atoms with Gasteiger partial charge < -0.3 is 13.9 Å². The molecule has 0 fully saturated rings. The van der Waals surface area contributed by atoms with E-state index in [0.29, 0.717) is 0 Å². The molecule has 12 aromatic rings. The van der Waals surface area contributed by atoms with Gasteiger partial charge in [-0.2, -0.15) is 0 Å². The number of benzene rings is 9. The molecule has 0 saturated carbocycles. The molecule has 0 radical (unpaired) electrons. The Balaban J connectivity index is 1.11. The molecule has 0 bridgehead atoms. The fourth-order valence-corrected chi connectivity index (χ4v) is 10.5. The van der Waals surface area contributed by atoms with Crippen molar-refractivity contribution >= 4 is 92.3 Å². The van der Waals surface area contributed by atoms with E-state index < -0.39 is 0 Å². The maximum atomic E-state index is 6.29. The molecular formula is C56H38N2OS. The average Bonchev–Trinajstić information content (AvgIpc) is 3.97. The van der Waals surface area contributed by atoms with Crippen molar-refractivity contribution in [3.63, 3.8) is 0 Å². The third-order valence-corrected chi connectivity index (χ3v) is 13.5. The van der Waals surface area contributed by atoms with E-state index in [2.05, 4.69) is 205 Å². The molecule has 0 amide bonds. The molecule has 12 rings (SSSR count). The first-order valence-corrected chi connectivity index (χ1v) is 21.3. The van der Waals surface area contributed by atoms with Crippen LogP contribution >= 0.6 is 11.3 Å². The van der Waals surface area contributed by atoms with Gasteiger partial charge in [0, 0.05) is 70.0 Å². The van der Waals surface area contributed by atoms with Gasteiger partial charge in [-0.3, -0.25) is 0 Å². The third kappa shape index (κ3) is 5.42. The van der Waals surface area contributed by atoms with Crippen molar-refractivity contribution in [3.05, 3.63) is 205 Å². The molecule has 284 valence electrons. The predicted molar refractivity (Wildman–Crippen MR) is 256 cm³/mol. The van der Waals surface area contributed by atoms with E-state index in [0.717, 1.165) is 50.2 Å². The van der Waals surface area contributed by atoms with Crippen LogP contribution < -0.4 is 4.90 Å². The summed E-state index contributed by atoms with van der Waals surface area (Å²) in [5, 5.41) is 7.26. The molecular weight excluding hydrogens is 749 g/mol. The third-order valence-electron chi connectivity index (χ3n) is 12.3. The number of aryl methyl sites for hydroxylation is 2. The predicted octanol–water partition coefficient (Wildman–Crippen LogP) is 16.5. The second-order valence-electron chi connectivity index (χ2n) is 15.8. The number of para-hydroxylation sites is 2. The molecule has 0 atom stereocenters. The molecule has 0 N–H and O–H groups in total. The molecule has 0 unspecified atom stereocenters. The zero-order valence-corrected chi connectivity index (χ0v) is 34.0. The molecule has 0 aliphatic rings.